The average Bonchev–Trinajstić information content (AvgIpc) is 2.58. The Morgan fingerprint density at radius 2 is 1.91 bits per heavy atom. The monoisotopic (exact) mass is 301 g/mol. The summed E-state index contributed by atoms with van der Waals surface area (Å²) in [7, 11) is 0. The number of benzene rings is 1. The van der Waals surface area contributed by atoms with Gasteiger partial charge in [-0.3, -0.25) is 4.79 Å². The molecule has 1 saturated carbocycles. The largest absolute Gasteiger partial charge is 0.347 e. The third-order valence-electron chi connectivity index (χ3n) is 4.60. The minimum Gasteiger partial charge on any atom is -0.347 e. The fourth-order valence-corrected chi connectivity index (χ4v) is 3.23. The van der Waals surface area contributed by atoms with Crippen LogP contribution in [0.1, 0.15) is 56.9 Å². The van der Waals surface area contributed by atoms with Crippen LogP contribution in [0.25, 0.3) is 0 Å². The number of carbonyl (C=O) groups excluding carboxylic acids is 2. The van der Waals surface area contributed by atoms with Crippen LogP contribution < -0.4 is 5.32 Å². The Balaban J connectivity index is 1.67. The molecule has 1 aliphatic rings. The molecule has 1 N–H and O–H groups in total. The molecule has 1 atom stereocenters. The Morgan fingerprint density at radius 3 is 2.59 bits per heavy atom. The van der Waals surface area contributed by atoms with Crippen molar-refractivity contribution in [2.24, 2.45) is 5.92 Å². The zero-order chi connectivity index (χ0) is 15.6. The summed E-state index contributed by atoms with van der Waals surface area (Å²) in [5.41, 5.74) is 1.20. The number of nitrogens with one attached hydrogen (secondary N) is 1. The minimum absolute atomic E-state index is 0.0238. The summed E-state index contributed by atoms with van der Waals surface area (Å²) in [6.07, 6.45) is 10.3. The topological polar surface area (TPSA) is 46.2 Å². The van der Waals surface area contributed by atoms with Gasteiger partial charge in [-0.15, -0.1) is 0 Å². The van der Waals surface area contributed by atoms with Gasteiger partial charge in [0.05, 0.1) is 6.04 Å². The summed E-state index contributed by atoms with van der Waals surface area (Å²) >= 11 is 0. The second-order valence-electron chi connectivity index (χ2n) is 6.38. The summed E-state index contributed by atoms with van der Waals surface area (Å²) in [4.78, 5) is 23.1. The quantitative estimate of drug-likeness (QED) is 0.745. The average molecular weight is 301 g/mol. The smallest absolute Gasteiger partial charge is 0.220 e. The summed E-state index contributed by atoms with van der Waals surface area (Å²) < 4.78 is 0. The van der Waals surface area contributed by atoms with E-state index < -0.39 is 0 Å². The fraction of sp³-hybridized carbons (Fsp3) is 0.579. The van der Waals surface area contributed by atoms with Crippen LogP contribution in [0, 0.1) is 5.92 Å². The Morgan fingerprint density at radius 1 is 1.18 bits per heavy atom. The van der Waals surface area contributed by atoms with Gasteiger partial charge in [-0.1, -0.05) is 62.4 Å². The van der Waals surface area contributed by atoms with Crippen molar-refractivity contribution >= 4 is 12.2 Å². The van der Waals surface area contributed by atoms with Crippen molar-refractivity contribution in [2.75, 3.05) is 0 Å². The molecule has 0 aromatic heterocycles. The van der Waals surface area contributed by atoms with E-state index in [0.29, 0.717) is 18.8 Å². The molecule has 0 radical (unpaired) electrons. The lowest BCUT2D eigenvalue weighted by atomic mass is 9.86. The highest BCUT2D eigenvalue weighted by molar-refractivity contribution is 5.79. The van der Waals surface area contributed by atoms with Crippen LogP contribution in [-0.2, 0) is 16.0 Å². The number of amides is 1. The van der Waals surface area contributed by atoms with Crippen LogP contribution in [0.3, 0.4) is 0 Å². The molecule has 1 fully saturated rings. The summed E-state index contributed by atoms with van der Waals surface area (Å²) in [5, 5.41) is 2.87. The molecule has 22 heavy (non-hydrogen) atoms. The molecule has 2 rings (SSSR count). The Labute approximate surface area is 133 Å². The van der Waals surface area contributed by atoms with E-state index in [2.05, 4.69) is 5.32 Å². The van der Waals surface area contributed by atoms with Gasteiger partial charge in [0, 0.05) is 6.42 Å². The molecule has 0 spiro atoms. The van der Waals surface area contributed by atoms with E-state index in [0.717, 1.165) is 19.1 Å². The molecule has 1 aromatic rings. The van der Waals surface area contributed by atoms with Crippen LogP contribution in [0.2, 0.25) is 0 Å². The second-order valence-corrected chi connectivity index (χ2v) is 6.38. The van der Waals surface area contributed by atoms with Gasteiger partial charge >= 0.3 is 0 Å². The van der Waals surface area contributed by atoms with Crippen molar-refractivity contribution in [3.8, 4) is 0 Å². The van der Waals surface area contributed by atoms with Crippen LogP contribution in [0.15, 0.2) is 30.3 Å². The molecule has 1 aromatic carbocycles. The molecular weight excluding hydrogens is 274 g/mol. The highest BCUT2D eigenvalue weighted by Gasteiger charge is 2.16. The maximum Gasteiger partial charge on any atom is 0.220 e. The number of aryl methyl sites for hydroxylation is 1. The highest BCUT2D eigenvalue weighted by Crippen LogP contribution is 2.27. The number of hydrogen-bond donors (Lipinski definition) is 1. The number of aldehydes is 1. The van der Waals surface area contributed by atoms with E-state index >= 15 is 0 Å². The first kappa shape index (κ1) is 16.7. The van der Waals surface area contributed by atoms with E-state index in [4.69, 9.17) is 0 Å². The van der Waals surface area contributed by atoms with Crippen LogP contribution in [-0.4, -0.2) is 18.2 Å². The third-order valence-corrected chi connectivity index (χ3v) is 4.60. The van der Waals surface area contributed by atoms with Crippen molar-refractivity contribution in [1.29, 1.82) is 0 Å². The predicted octanol–water partition coefficient (Wildman–Crippen LogP) is 3.66. The van der Waals surface area contributed by atoms with Gasteiger partial charge < -0.3 is 10.1 Å². The third kappa shape index (κ3) is 6.00. The van der Waals surface area contributed by atoms with E-state index in [1.807, 2.05) is 30.3 Å². The van der Waals surface area contributed by atoms with E-state index in [1.54, 1.807) is 0 Å². The van der Waals surface area contributed by atoms with Crippen molar-refractivity contribution in [3.05, 3.63) is 35.9 Å². The molecule has 1 amide bonds. The Kier molecular flexibility index (Phi) is 7.14. The van der Waals surface area contributed by atoms with E-state index in [1.165, 1.54) is 37.7 Å². The lowest BCUT2D eigenvalue weighted by Crippen LogP contribution is -2.36. The molecule has 0 saturated heterocycles. The van der Waals surface area contributed by atoms with Crippen molar-refractivity contribution in [1.82, 2.24) is 5.32 Å². The van der Waals surface area contributed by atoms with Crippen LogP contribution in [0.4, 0.5) is 0 Å². The zero-order valence-corrected chi connectivity index (χ0v) is 13.3. The fourth-order valence-electron chi connectivity index (χ4n) is 3.23. The number of hydrogen-bond acceptors (Lipinski definition) is 2. The lowest BCUT2D eigenvalue weighted by Gasteiger charge is -2.21. The molecule has 120 valence electrons. The van der Waals surface area contributed by atoms with Gasteiger partial charge in [-0.25, -0.2) is 0 Å². The predicted molar refractivity (Wildman–Crippen MR) is 88.6 cm³/mol. The van der Waals surface area contributed by atoms with Gasteiger partial charge in [0.1, 0.15) is 6.29 Å². The molecule has 1 aliphatic carbocycles. The van der Waals surface area contributed by atoms with Crippen LogP contribution >= 0.6 is 0 Å². The standard InChI is InChI=1S/C19H27NO2/c21-15-18(13-11-16-7-3-1-4-8-16)20-19(22)14-12-17-9-5-2-6-10-17/h1,3-4,7-8,15,17-18H,2,5-6,9-14H2,(H,20,22). The molecule has 1 unspecified atom stereocenters. The normalized spacial score (nSPS) is 16.9. The van der Waals surface area contributed by atoms with E-state index in [-0.39, 0.29) is 11.9 Å². The lowest BCUT2D eigenvalue weighted by molar-refractivity contribution is -0.124. The first-order chi connectivity index (χ1) is 10.8. The van der Waals surface area contributed by atoms with Gasteiger partial charge in [-0.2, -0.15) is 0 Å². The van der Waals surface area contributed by atoms with Crippen LogP contribution in [0.5, 0.6) is 0 Å². The van der Waals surface area contributed by atoms with Crippen molar-refractivity contribution in [2.45, 2.75) is 63.8 Å². The molecule has 3 nitrogen and oxygen atoms in total. The maximum atomic E-state index is 12.0. The highest BCUT2D eigenvalue weighted by atomic mass is 16.2. The Hall–Kier alpha value is -1.64. The van der Waals surface area contributed by atoms with Crippen molar-refractivity contribution in [3.63, 3.8) is 0 Å². The second kappa shape index (κ2) is 9.39. The zero-order valence-electron chi connectivity index (χ0n) is 13.3. The molecule has 0 aliphatic heterocycles. The molecule has 0 heterocycles. The number of carbonyl (C=O) groups is 2. The van der Waals surface area contributed by atoms with Gasteiger partial charge in [0.15, 0.2) is 0 Å². The SMILES string of the molecule is O=CC(CCc1ccccc1)NC(=O)CCC1CCCCC1. The Bertz CT molecular complexity index is 452. The minimum atomic E-state index is -0.362. The molecule has 3 heteroatoms. The number of rotatable bonds is 8. The summed E-state index contributed by atoms with van der Waals surface area (Å²) in [6, 6.07) is 9.70. The first-order valence-corrected chi connectivity index (χ1v) is 8.56. The molecule has 0 bridgehead atoms. The first-order valence-electron chi connectivity index (χ1n) is 8.56. The maximum absolute atomic E-state index is 12.0. The van der Waals surface area contributed by atoms with Crippen molar-refractivity contribution < 1.29 is 9.59 Å². The van der Waals surface area contributed by atoms with Gasteiger partial charge in [0.25, 0.3) is 0 Å². The van der Waals surface area contributed by atoms with Gasteiger partial charge in [-0.05, 0) is 30.7 Å². The van der Waals surface area contributed by atoms with E-state index in [9.17, 15) is 9.59 Å². The van der Waals surface area contributed by atoms with Gasteiger partial charge in [0.2, 0.25) is 5.91 Å². The molecular formula is C19H27NO2. The summed E-state index contributed by atoms with van der Waals surface area (Å²) in [6.45, 7) is 0. The summed E-state index contributed by atoms with van der Waals surface area (Å²) in [5.74, 6) is 0.731.